The first-order chi connectivity index (χ1) is 21.6. The summed E-state index contributed by atoms with van der Waals surface area (Å²) in [6.07, 6.45) is -0.746. The van der Waals surface area contributed by atoms with Crippen LogP contribution >= 0.6 is 0 Å². The zero-order valence-electron chi connectivity index (χ0n) is 26.3. The van der Waals surface area contributed by atoms with Crippen LogP contribution in [-0.2, 0) is 18.3 Å². The van der Waals surface area contributed by atoms with Crippen LogP contribution in [0.25, 0.3) is 11.3 Å². The van der Waals surface area contributed by atoms with Gasteiger partial charge in [0.15, 0.2) is 0 Å². The molecule has 0 spiro atoms. The molecule has 1 heterocycles. The number of hydrogen-bond donors (Lipinski definition) is 3. The summed E-state index contributed by atoms with van der Waals surface area (Å²) in [6.45, 7) is 14.7. The van der Waals surface area contributed by atoms with Crippen LogP contribution in [0.5, 0.6) is 0 Å². The lowest BCUT2D eigenvalue weighted by Crippen LogP contribution is -2.30. The summed E-state index contributed by atoms with van der Waals surface area (Å²) in [4.78, 5) is 7.41. The number of nitrogens with zero attached hydrogens (tertiary/aromatic N) is 4. The monoisotopic (exact) mass is 631 g/mol. The molecule has 0 aliphatic carbocycles. The van der Waals surface area contributed by atoms with E-state index in [1.165, 1.54) is 32.2 Å². The second kappa shape index (κ2) is 14.9. The Balaban J connectivity index is 2.09. The number of nitrogens with one attached hydrogen (secondary N) is 3. The van der Waals surface area contributed by atoms with Gasteiger partial charge in [-0.3, -0.25) is 0 Å². The van der Waals surface area contributed by atoms with Crippen LogP contribution in [0, 0.1) is 28.1 Å². The standard InChI is InChI=1S/C35H37F4N7/c1-7-44-45-16-10-15-34(6,19-25-11-8-9-12-26(25)20-40)29(21-41)23(2)24(3)46-30-14-13-27(33(4,5)36)17-28(30)31-18-32(35(37,38)39)43-22-42-31/h7-9,11-14,17-18,22,44-46H,1,3,10,15-16,19H2,2,4-6H3/b29-23+. The van der Waals surface area contributed by atoms with Gasteiger partial charge >= 0.3 is 6.18 Å². The Bertz CT molecular complexity index is 1690. The van der Waals surface area contributed by atoms with Gasteiger partial charge in [0, 0.05) is 40.7 Å². The molecule has 0 amide bonds. The molecule has 3 rings (SSSR count). The van der Waals surface area contributed by atoms with E-state index in [2.05, 4.69) is 51.4 Å². The molecular formula is C35H37F4N7. The van der Waals surface area contributed by atoms with Gasteiger partial charge in [-0.05, 0) is 81.0 Å². The van der Waals surface area contributed by atoms with Gasteiger partial charge < -0.3 is 10.7 Å². The average molecular weight is 632 g/mol. The van der Waals surface area contributed by atoms with Gasteiger partial charge in [-0.25, -0.2) is 19.8 Å². The molecule has 1 atom stereocenters. The third-order valence-corrected chi connectivity index (χ3v) is 7.72. The van der Waals surface area contributed by atoms with Crippen molar-refractivity contribution < 1.29 is 17.6 Å². The number of benzene rings is 2. The summed E-state index contributed by atoms with van der Waals surface area (Å²) in [5.41, 5.74) is 5.47. The van der Waals surface area contributed by atoms with Crippen molar-refractivity contribution >= 4 is 5.69 Å². The van der Waals surface area contributed by atoms with E-state index in [4.69, 9.17) is 0 Å². The molecule has 1 aromatic heterocycles. The number of halogens is 4. The lowest BCUT2D eigenvalue weighted by molar-refractivity contribution is -0.141. The summed E-state index contributed by atoms with van der Waals surface area (Å²) in [5, 5.41) is 23.4. The minimum Gasteiger partial charge on any atom is -0.355 e. The molecule has 11 heteroatoms. The summed E-state index contributed by atoms with van der Waals surface area (Å²) in [5.74, 6) is 0. The molecule has 0 radical (unpaired) electrons. The fourth-order valence-corrected chi connectivity index (χ4v) is 5.19. The lowest BCUT2D eigenvalue weighted by atomic mass is 9.71. The first kappa shape index (κ1) is 35.5. The van der Waals surface area contributed by atoms with Gasteiger partial charge in [-0.15, -0.1) is 0 Å². The highest BCUT2D eigenvalue weighted by atomic mass is 19.4. The molecule has 2 aromatic carbocycles. The third-order valence-electron chi connectivity index (χ3n) is 7.72. The first-order valence-corrected chi connectivity index (χ1v) is 14.5. The van der Waals surface area contributed by atoms with Crippen molar-refractivity contribution in [2.75, 3.05) is 11.9 Å². The van der Waals surface area contributed by atoms with Crippen LogP contribution in [0.3, 0.4) is 0 Å². The molecule has 0 bridgehead atoms. The van der Waals surface area contributed by atoms with E-state index in [1.807, 2.05) is 19.1 Å². The quantitative estimate of drug-likeness (QED) is 0.0540. The van der Waals surface area contributed by atoms with E-state index in [0.717, 1.165) is 18.0 Å². The van der Waals surface area contributed by atoms with E-state index >= 15 is 0 Å². The zero-order chi connectivity index (χ0) is 34.1. The highest BCUT2D eigenvalue weighted by molar-refractivity contribution is 5.78. The second-order valence-electron chi connectivity index (χ2n) is 11.6. The fourth-order valence-electron chi connectivity index (χ4n) is 5.19. The molecule has 1 unspecified atom stereocenters. The maximum Gasteiger partial charge on any atom is 0.433 e. The van der Waals surface area contributed by atoms with Crippen LogP contribution in [0.15, 0.2) is 91.1 Å². The molecule has 3 aromatic rings. The van der Waals surface area contributed by atoms with Crippen molar-refractivity contribution in [1.29, 1.82) is 10.5 Å². The van der Waals surface area contributed by atoms with Crippen LogP contribution in [0.2, 0.25) is 0 Å². The van der Waals surface area contributed by atoms with Crippen molar-refractivity contribution in [3.8, 4) is 23.4 Å². The lowest BCUT2D eigenvalue weighted by Gasteiger charge is -2.32. The Hall–Kier alpha value is -5.00. The van der Waals surface area contributed by atoms with E-state index in [1.54, 1.807) is 25.1 Å². The van der Waals surface area contributed by atoms with Crippen LogP contribution in [-0.4, -0.2) is 16.5 Å². The van der Waals surface area contributed by atoms with Gasteiger partial charge in [0.25, 0.3) is 0 Å². The molecule has 0 saturated carbocycles. The van der Waals surface area contributed by atoms with Crippen LogP contribution in [0.1, 0.15) is 62.9 Å². The summed E-state index contributed by atoms with van der Waals surface area (Å²) in [7, 11) is 0. The summed E-state index contributed by atoms with van der Waals surface area (Å²) in [6, 6.07) is 17.1. The fraction of sp³-hybridized carbons (Fsp3) is 0.314. The molecule has 3 N–H and O–H groups in total. The first-order valence-electron chi connectivity index (χ1n) is 14.5. The largest absolute Gasteiger partial charge is 0.433 e. The Kier molecular flexibility index (Phi) is 11.5. The highest BCUT2D eigenvalue weighted by Gasteiger charge is 2.34. The number of anilines is 1. The number of allylic oxidation sites excluding steroid dienone is 2. The molecule has 46 heavy (non-hydrogen) atoms. The maximum absolute atomic E-state index is 15.0. The van der Waals surface area contributed by atoms with Crippen molar-refractivity contribution in [2.24, 2.45) is 5.41 Å². The van der Waals surface area contributed by atoms with Crippen molar-refractivity contribution in [3.05, 3.63) is 113 Å². The predicted molar refractivity (Wildman–Crippen MR) is 171 cm³/mol. The van der Waals surface area contributed by atoms with E-state index in [9.17, 15) is 28.1 Å². The zero-order valence-corrected chi connectivity index (χ0v) is 26.3. The number of nitriles is 2. The van der Waals surface area contributed by atoms with Crippen molar-refractivity contribution in [1.82, 2.24) is 20.8 Å². The van der Waals surface area contributed by atoms with E-state index in [0.29, 0.717) is 53.9 Å². The van der Waals surface area contributed by atoms with Crippen molar-refractivity contribution in [2.45, 2.75) is 58.8 Å². The topological polar surface area (TPSA) is 109 Å². The Labute approximate surface area is 267 Å². The number of aromatic nitrogens is 2. The average Bonchev–Trinajstić information content (AvgIpc) is 3.00. The van der Waals surface area contributed by atoms with Gasteiger partial charge in [0.1, 0.15) is 17.7 Å². The van der Waals surface area contributed by atoms with Gasteiger partial charge in [-0.1, -0.05) is 44.3 Å². The third kappa shape index (κ3) is 8.80. The molecule has 0 aliphatic rings. The number of hydrazine groups is 1. The molecule has 7 nitrogen and oxygen atoms in total. The maximum atomic E-state index is 15.0. The molecule has 240 valence electrons. The van der Waals surface area contributed by atoms with Gasteiger partial charge in [0.2, 0.25) is 0 Å². The van der Waals surface area contributed by atoms with Crippen LogP contribution < -0.4 is 16.2 Å². The summed E-state index contributed by atoms with van der Waals surface area (Å²) >= 11 is 0. The van der Waals surface area contributed by atoms with Gasteiger partial charge in [-0.2, -0.15) is 23.7 Å². The smallest absolute Gasteiger partial charge is 0.355 e. The highest BCUT2D eigenvalue weighted by Crippen LogP contribution is 2.41. The number of rotatable bonds is 14. The molecule has 0 aliphatic heterocycles. The minimum absolute atomic E-state index is 0.0653. The number of alkyl halides is 4. The second-order valence-corrected chi connectivity index (χ2v) is 11.6. The predicted octanol–water partition coefficient (Wildman–Crippen LogP) is 8.27. The Morgan fingerprint density at radius 2 is 1.74 bits per heavy atom. The normalized spacial score (nSPS) is 13.4. The van der Waals surface area contributed by atoms with Crippen molar-refractivity contribution in [3.63, 3.8) is 0 Å². The minimum atomic E-state index is -4.71. The summed E-state index contributed by atoms with van der Waals surface area (Å²) < 4.78 is 55.5. The Morgan fingerprint density at radius 1 is 1.02 bits per heavy atom. The van der Waals surface area contributed by atoms with E-state index in [-0.39, 0.29) is 16.8 Å². The molecule has 0 saturated heterocycles. The molecule has 0 fully saturated rings. The SMILES string of the molecule is C=CNNCCCC(C)(Cc1ccccc1C#N)/C(C#N)=C(\C)C(=C)Nc1ccc(C(C)(C)F)cc1-c1cc(C(F)(F)F)ncn1. The Morgan fingerprint density at radius 3 is 2.37 bits per heavy atom. The molecular weight excluding hydrogens is 594 g/mol. The van der Waals surface area contributed by atoms with Crippen LogP contribution in [0.4, 0.5) is 23.2 Å². The number of hydrogen-bond acceptors (Lipinski definition) is 7. The van der Waals surface area contributed by atoms with Gasteiger partial charge in [0.05, 0.1) is 23.4 Å². The van der Waals surface area contributed by atoms with E-state index < -0.39 is 23.0 Å².